The summed E-state index contributed by atoms with van der Waals surface area (Å²) in [5.74, 6) is -1.92. The molecule has 1 aromatic heterocycles. The fourth-order valence-corrected chi connectivity index (χ4v) is 3.50. The van der Waals surface area contributed by atoms with E-state index < -0.39 is 17.3 Å². The largest absolute Gasteiger partial charge is 0.376 e. The van der Waals surface area contributed by atoms with Gasteiger partial charge in [0.05, 0.1) is 30.1 Å². The molecular weight excluding hydrogens is 354 g/mol. The van der Waals surface area contributed by atoms with Crippen molar-refractivity contribution in [2.24, 2.45) is 0 Å². The molecule has 0 spiro atoms. The van der Waals surface area contributed by atoms with Crippen LogP contribution in [0.2, 0.25) is 0 Å². The Morgan fingerprint density at radius 2 is 1.85 bits per heavy atom. The first kappa shape index (κ1) is 17.6. The molecule has 0 radical (unpaired) electrons. The van der Waals surface area contributed by atoms with Crippen LogP contribution < -0.4 is 11.2 Å². The molecule has 4 rings (SSSR count). The van der Waals surface area contributed by atoms with Crippen molar-refractivity contribution in [1.29, 1.82) is 0 Å². The zero-order chi connectivity index (χ0) is 19.0. The molecule has 1 aliphatic rings. The maximum atomic E-state index is 13.6. The van der Waals surface area contributed by atoms with Crippen molar-refractivity contribution >= 4 is 10.9 Å². The average Bonchev–Trinajstić information content (AvgIpc) is 3.18. The Balaban J connectivity index is 1.86. The maximum absolute atomic E-state index is 13.6. The highest BCUT2D eigenvalue weighted by molar-refractivity contribution is 5.77. The summed E-state index contributed by atoms with van der Waals surface area (Å²) in [6, 6.07) is 10.3. The second kappa shape index (κ2) is 7.08. The molecule has 0 saturated carbocycles. The number of para-hydroxylation sites is 1. The quantitative estimate of drug-likeness (QED) is 0.708. The summed E-state index contributed by atoms with van der Waals surface area (Å²) in [6.07, 6.45) is 1.52. The highest BCUT2D eigenvalue weighted by Crippen LogP contribution is 2.15. The van der Waals surface area contributed by atoms with E-state index in [4.69, 9.17) is 4.74 Å². The summed E-state index contributed by atoms with van der Waals surface area (Å²) >= 11 is 0. The molecular formula is C20H18F2N2O3. The normalized spacial score (nSPS) is 16.9. The number of fused-ring (bicyclic) bond motifs is 1. The molecule has 1 unspecified atom stereocenters. The van der Waals surface area contributed by atoms with Gasteiger partial charge in [-0.3, -0.25) is 13.9 Å². The summed E-state index contributed by atoms with van der Waals surface area (Å²) in [5, 5.41) is 0.401. The Labute approximate surface area is 153 Å². The Bertz CT molecular complexity index is 1110. The van der Waals surface area contributed by atoms with Crippen LogP contribution in [-0.4, -0.2) is 21.8 Å². The van der Waals surface area contributed by atoms with Gasteiger partial charge in [0.2, 0.25) is 0 Å². The summed E-state index contributed by atoms with van der Waals surface area (Å²) in [7, 11) is 0. The summed E-state index contributed by atoms with van der Waals surface area (Å²) in [6.45, 7) is 0.832. The van der Waals surface area contributed by atoms with Crippen molar-refractivity contribution in [2.45, 2.75) is 32.0 Å². The van der Waals surface area contributed by atoms with E-state index in [9.17, 15) is 18.4 Å². The molecule has 2 heterocycles. The highest BCUT2D eigenvalue weighted by Gasteiger charge is 2.20. The molecule has 5 nitrogen and oxygen atoms in total. The van der Waals surface area contributed by atoms with Crippen LogP contribution in [-0.2, 0) is 17.8 Å². The molecule has 1 fully saturated rings. The van der Waals surface area contributed by atoms with E-state index in [0.717, 1.165) is 25.0 Å². The van der Waals surface area contributed by atoms with Crippen LogP contribution in [0.25, 0.3) is 10.9 Å². The third-order valence-corrected chi connectivity index (χ3v) is 4.87. The molecule has 0 aliphatic carbocycles. The highest BCUT2D eigenvalue weighted by atomic mass is 19.2. The lowest BCUT2D eigenvalue weighted by molar-refractivity contribution is 0.0948. The van der Waals surface area contributed by atoms with Gasteiger partial charge in [0, 0.05) is 6.61 Å². The van der Waals surface area contributed by atoms with Gasteiger partial charge in [-0.05, 0) is 42.7 Å². The van der Waals surface area contributed by atoms with Gasteiger partial charge in [0.1, 0.15) is 0 Å². The fraction of sp³-hybridized carbons (Fsp3) is 0.300. The number of rotatable bonds is 4. The maximum Gasteiger partial charge on any atom is 0.331 e. The van der Waals surface area contributed by atoms with E-state index in [1.54, 1.807) is 24.3 Å². The van der Waals surface area contributed by atoms with Crippen LogP contribution in [0.3, 0.4) is 0 Å². The van der Waals surface area contributed by atoms with Gasteiger partial charge in [-0.15, -0.1) is 0 Å². The van der Waals surface area contributed by atoms with Gasteiger partial charge < -0.3 is 4.74 Å². The molecule has 7 heteroatoms. The van der Waals surface area contributed by atoms with E-state index in [0.29, 0.717) is 23.1 Å². The zero-order valence-corrected chi connectivity index (χ0v) is 14.5. The van der Waals surface area contributed by atoms with Gasteiger partial charge in [0.15, 0.2) is 11.6 Å². The third-order valence-electron chi connectivity index (χ3n) is 4.87. The number of nitrogens with zero attached hydrogens (tertiary/aromatic N) is 2. The first-order chi connectivity index (χ1) is 13.0. The first-order valence-corrected chi connectivity index (χ1v) is 8.82. The molecule has 1 aliphatic heterocycles. The molecule has 27 heavy (non-hydrogen) atoms. The topological polar surface area (TPSA) is 53.2 Å². The molecule has 0 amide bonds. The zero-order valence-electron chi connectivity index (χ0n) is 14.5. The van der Waals surface area contributed by atoms with Gasteiger partial charge in [-0.1, -0.05) is 18.2 Å². The summed E-state index contributed by atoms with van der Waals surface area (Å²) in [4.78, 5) is 25.9. The number of hydrogen-bond acceptors (Lipinski definition) is 3. The van der Waals surface area contributed by atoms with E-state index in [1.165, 1.54) is 15.2 Å². The third kappa shape index (κ3) is 3.30. The van der Waals surface area contributed by atoms with Crippen molar-refractivity contribution in [2.75, 3.05) is 6.61 Å². The standard InChI is InChI=1S/C20H18F2N2O3/c21-16-8-7-13(10-17(16)22)11-23-18-6-2-1-5-15(18)19(25)24(20(23)26)12-14-4-3-9-27-14/h1-2,5-8,10,14H,3-4,9,11-12H2. The average molecular weight is 372 g/mol. The molecule has 0 bridgehead atoms. The molecule has 140 valence electrons. The van der Waals surface area contributed by atoms with Crippen LogP contribution in [0, 0.1) is 11.6 Å². The van der Waals surface area contributed by atoms with Crippen molar-refractivity contribution < 1.29 is 13.5 Å². The van der Waals surface area contributed by atoms with Crippen molar-refractivity contribution in [3.63, 3.8) is 0 Å². The molecule has 1 saturated heterocycles. The minimum absolute atomic E-state index is 0.0301. The Morgan fingerprint density at radius 3 is 2.59 bits per heavy atom. The van der Waals surface area contributed by atoms with Crippen LogP contribution in [0.5, 0.6) is 0 Å². The van der Waals surface area contributed by atoms with E-state index in [1.807, 2.05) is 0 Å². The second-order valence-electron chi connectivity index (χ2n) is 6.69. The second-order valence-corrected chi connectivity index (χ2v) is 6.69. The monoisotopic (exact) mass is 372 g/mol. The van der Waals surface area contributed by atoms with Gasteiger partial charge in [0.25, 0.3) is 5.56 Å². The molecule has 0 N–H and O–H groups in total. The van der Waals surface area contributed by atoms with Crippen LogP contribution >= 0.6 is 0 Å². The molecule has 3 aromatic rings. The van der Waals surface area contributed by atoms with E-state index in [2.05, 4.69) is 0 Å². The van der Waals surface area contributed by atoms with Gasteiger partial charge in [-0.2, -0.15) is 0 Å². The Morgan fingerprint density at radius 1 is 1.04 bits per heavy atom. The van der Waals surface area contributed by atoms with Crippen molar-refractivity contribution in [3.05, 3.63) is 80.5 Å². The number of benzene rings is 2. The smallest absolute Gasteiger partial charge is 0.331 e. The van der Waals surface area contributed by atoms with E-state index >= 15 is 0 Å². The SMILES string of the molecule is O=c1c2ccccc2n(Cc2ccc(F)c(F)c2)c(=O)n1CC1CCCO1. The summed E-state index contributed by atoms with van der Waals surface area (Å²) < 4.78 is 34.9. The Kier molecular flexibility index (Phi) is 4.61. The number of aromatic nitrogens is 2. The lowest BCUT2D eigenvalue weighted by Gasteiger charge is -2.16. The minimum atomic E-state index is -0.975. The molecule has 1 atom stereocenters. The van der Waals surface area contributed by atoms with Crippen LogP contribution in [0.1, 0.15) is 18.4 Å². The number of halogens is 2. The predicted octanol–water partition coefficient (Wildman–Crippen LogP) is 2.67. The minimum Gasteiger partial charge on any atom is -0.376 e. The van der Waals surface area contributed by atoms with Crippen LogP contribution in [0.15, 0.2) is 52.1 Å². The van der Waals surface area contributed by atoms with E-state index in [-0.39, 0.29) is 24.8 Å². The van der Waals surface area contributed by atoms with Gasteiger partial charge in [-0.25, -0.2) is 13.6 Å². The van der Waals surface area contributed by atoms with Crippen molar-refractivity contribution in [3.8, 4) is 0 Å². The van der Waals surface area contributed by atoms with Crippen molar-refractivity contribution in [1.82, 2.24) is 9.13 Å². The number of ether oxygens (including phenoxy) is 1. The van der Waals surface area contributed by atoms with Crippen LogP contribution in [0.4, 0.5) is 8.78 Å². The summed E-state index contributed by atoms with van der Waals surface area (Å²) in [5.41, 5.74) is 0.0378. The lowest BCUT2D eigenvalue weighted by atomic mass is 10.2. The Hall–Kier alpha value is -2.80. The molecule has 2 aromatic carbocycles. The number of hydrogen-bond donors (Lipinski definition) is 0. The fourth-order valence-electron chi connectivity index (χ4n) is 3.50. The lowest BCUT2D eigenvalue weighted by Crippen LogP contribution is -2.42. The predicted molar refractivity (Wildman–Crippen MR) is 96.9 cm³/mol. The van der Waals surface area contributed by atoms with Gasteiger partial charge >= 0.3 is 5.69 Å². The first-order valence-electron chi connectivity index (χ1n) is 8.82.